The normalized spacial score (nSPS) is 10.4. The number of nitrogens with zero attached hydrogens (tertiary/aromatic N) is 2. The van der Waals surface area contributed by atoms with Crippen LogP contribution in [0.2, 0.25) is 0 Å². The van der Waals surface area contributed by atoms with Crippen LogP contribution >= 0.6 is 0 Å². The number of aromatic nitrogens is 2. The van der Waals surface area contributed by atoms with Crippen molar-refractivity contribution < 1.29 is 9.90 Å². The van der Waals surface area contributed by atoms with Gasteiger partial charge >= 0.3 is 0 Å². The zero-order valence-corrected chi connectivity index (χ0v) is 10.4. The molecule has 3 rings (SSSR count). The summed E-state index contributed by atoms with van der Waals surface area (Å²) in [5, 5.41) is 14.8. The van der Waals surface area contributed by atoms with E-state index in [4.69, 9.17) is 0 Å². The van der Waals surface area contributed by atoms with Crippen LogP contribution in [0.15, 0.2) is 54.9 Å². The van der Waals surface area contributed by atoms with E-state index in [0.717, 1.165) is 11.1 Å². The van der Waals surface area contributed by atoms with E-state index in [1.165, 1.54) is 18.5 Å². The zero-order valence-electron chi connectivity index (χ0n) is 10.4. The van der Waals surface area contributed by atoms with Gasteiger partial charge in [0.15, 0.2) is 0 Å². The highest BCUT2D eigenvalue weighted by atomic mass is 16.4. The number of carbonyl (C=O) groups is 1. The number of carboxylic acids is 1. The van der Waals surface area contributed by atoms with Crippen molar-refractivity contribution in [3.05, 3.63) is 60.4 Å². The van der Waals surface area contributed by atoms with Gasteiger partial charge in [-0.05, 0) is 29.8 Å². The zero-order chi connectivity index (χ0) is 13.9. The maximum absolute atomic E-state index is 10.9. The first-order valence-electron chi connectivity index (χ1n) is 6.02. The lowest BCUT2D eigenvalue weighted by Gasteiger charge is -2.09. The van der Waals surface area contributed by atoms with E-state index in [1.807, 2.05) is 30.3 Å². The maximum Gasteiger partial charge on any atom is 0.141 e. The first-order chi connectivity index (χ1) is 9.74. The highest BCUT2D eigenvalue weighted by molar-refractivity contribution is 5.96. The SMILES string of the molecule is O=C([O-])c1ccc2c(Nc3ccccc3)ncnc2c1. The Hall–Kier alpha value is -2.95. The summed E-state index contributed by atoms with van der Waals surface area (Å²) in [4.78, 5) is 19.1. The van der Waals surface area contributed by atoms with E-state index in [9.17, 15) is 9.90 Å². The molecule has 0 unspecified atom stereocenters. The second-order valence-electron chi connectivity index (χ2n) is 4.23. The van der Waals surface area contributed by atoms with Crippen molar-refractivity contribution in [3.8, 4) is 0 Å². The number of aromatic carboxylic acids is 1. The predicted octanol–water partition coefficient (Wildman–Crippen LogP) is 1.74. The molecule has 0 bridgehead atoms. The van der Waals surface area contributed by atoms with Gasteiger partial charge in [0, 0.05) is 11.1 Å². The van der Waals surface area contributed by atoms with E-state index in [2.05, 4.69) is 15.3 Å². The van der Waals surface area contributed by atoms with Crippen molar-refractivity contribution in [1.29, 1.82) is 0 Å². The summed E-state index contributed by atoms with van der Waals surface area (Å²) in [6, 6.07) is 14.2. The molecule has 0 fully saturated rings. The molecule has 20 heavy (non-hydrogen) atoms. The summed E-state index contributed by atoms with van der Waals surface area (Å²) in [6.07, 6.45) is 1.40. The Morgan fingerprint density at radius 2 is 1.85 bits per heavy atom. The highest BCUT2D eigenvalue weighted by Crippen LogP contribution is 2.23. The van der Waals surface area contributed by atoms with E-state index < -0.39 is 5.97 Å². The summed E-state index contributed by atoms with van der Waals surface area (Å²) in [5.41, 5.74) is 1.55. The molecule has 1 heterocycles. The minimum absolute atomic E-state index is 0.0989. The van der Waals surface area contributed by atoms with E-state index in [0.29, 0.717) is 11.3 Å². The van der Waals surface area contributed by atoms with Crippen molar-refractivity contribution in [2.24, 2.45) is 0 Å². The van der Waals surface area contributed by atoms with Crippen LogP contribution in [0.3, 0.4) is 0 Å². The number of fused-ring (bicyclic) bond motifs is 1. The topological polar surface area (TPSA) is 77.9 Å². The Labute approximate surface area is 114 Å². The average molecular weight is 264 g/mol. The van der Waals surface area contributed by atoms with Crippen molar-refractivity contribution in [3.63, 3.8) is 0 Å². The van der Waals surface area contributed by atoms with E-state index in [-0.39, 0.29) is 5.56 Å². The predicted molar refractivity (Wildman–Crippen MR) is 73.6 cm³/mol. The number of hydrogen-bond acceptors (Lipinski definition) is 5. The lowest BCUT2D eigenvalue weighted by molar-refractivity contribution is -0.255. The van der Waals surface area contributed by atoms with Gasteiger partial charge in [-0.2, -0.15) is 0 Å². The third-order valence-corrected chi connectivity index (χ3v) is 2.91. The van der Waals surface area contributed by atoms with Crippen LogP contribution < -0.4 is 10.4 Å². The molecule has 0 saturated carbocycles. The summed E-state index contributed by atoms with van der Waals surface area (Å²) in [5.74, 6) is -0.589. The molecule has 0 amide bonds. The fourth-order valence-corrected chi connectivity index (χ4v) is 1.94. The Bertz CT molecular complexity index is 772. The third-order valence-electron chi connectivity index (χ3n) is 2.91. The fraction of sp³-hybridized carbons (Fsp3) is 0. The van der Waals surface area contributed by atoms with Gasteiger partial charge in [0.1, 0.15) is 12.1 Å². The number of nitrogens with one attached hydrogen (secondary N) is 1. The number of carbonyl (C=O) groups excluding carboxylic acids is 1. The van der Waals surface area contributed by atoms with Gasteiger partial charge in [-0.15, -0.1) is 0 Å². The molecule has 2 aromatic carbocycles. The standard InChI is InChI=1S/C15H11N3O2/c19-15(20)10-6-7-12-13(8-10)16-9-17-14(12)18-11-4-2-1-3-5-11/h1-9H,(H,19,20)(H,16,17,18)/p-1. The average Bonchev–Trinajstić information content (AvgIpc) is 2.48. The van der Waals surface area contributed by atoms with Crippen molar-refractivity contribution >= 4 is 28.4 Å². The van der Waals surface area contributed by atoms with Gasteiger partial charge in [0.2, 0.25) is 0 Å². The first-order valence-corrected chi connectivity index (χ1v) is 6.02. The summed E-state index contributed by atoms with van der Waals surface area (Å²) in [7, 11) is 0. The highest BCUT2D eigenvalue weighted by Gasteiger charge is 2.05. The number of carboxylic acid groups (broad SMARTS) is 1. The number of para-hydroxylation sites is 1. The van der Waals surface area contributed by atoms with Gasteiger partial charge in [-0.25, -0.2) is 9.97 Å². The molecule has 98 valence electrons. The molecule has 1 aromatic heterocycles. The largest absolute Gasteiger partial charge is 0.545 e. The third kappa shape index (κ3) is 2.29. The summed E-state index contributed by atoms with van der Waals surface area (Å²) in [6.45, 7) is 0. The Balaban J connectivity index is 2.06. The minimum atomic E-state index is -1.22. The van der Waals surface area contributed by atoms with Crippen LogP contribution in [0.4, 0.5) is 11.5 Å². The molecule has 5 heteroatoms. The monoisotopic (exact) mass is 264 g/mol. The van der Waals surface area contributed by atoms with Gasteiger partial charge < -0.3 is 15.2 Å². The van der Waals surface area contributed by atoms with Crippen LogP contribution in [0.1, 0.15) is 10.4 Å². The Morgan fingerprint density at radius 1 is 1.05 bits per heavy atom. The van der Waals surface area contributed by atoms with Crippen LogP contribution in [0.5, 0.6) is 0 Å². The number of anilines is 2. The minimum Gasteiger partial charge on any atom is -0.545 e. The lowest BCUT2D eigenvalue weighted by Crippen LogP contribution is -2.22. The molecule has 0 aliphatic carbocycles. The quantitative estimate of drug-likeness (QED) is 0.779. The molecule has 0 saturated heterocycles. The fourth-order valence-electron chi connectivity index (χ4n) is 1.94. The van der Waals surface area contributed by atoms with Gasteiger partial charge in [-0.1, -0.05) is 24.3 Å². The van der Waals surface area contributed by atoms with Crippen LogP contribution in [0, 0.1) is 0 Å². The number of rotatable bonds is 3. The molecule has 3 aromatic rings. The lowest BCUT2D eigenvalue weighted by atomic mass is 10.1. The molecule has 0 spiro atoms. The second kappa shape index (κ2) is 4.97. The summed E-state index contributed by atoms with van der Waals surface area (Å²) >= 11 is 0. The van der Waals surface area contributed by atoms with Crippen LogP contribution in [-0.2, 0) is 0 Å². The smallest absolute Gasteiger partial charge is 0.141 e. The summed E-state index contributed by atoms with van der Waals surface area (Å²) < 4.78 is 0. The number of benzene rings is 2. The van der Waals surface area contributed by atoms with Gasteiger partial charge in [0.25, 0.3) is 0 Å². The molecule has 1 N–H and O–H groups in total. The van der Waals surface area contributed by atoms with Gasteiger partial charge in [-0.3, -0.25) is 0 Å². The number of hydrogen-bond donors (Lipinski definition) is 1. The maximum atomic E-state index is 10.9. The Morgan fingerprint density at radius 3 is 2.60 bits per heavy atom. The van der Waals surface area contributed by atoms with E-state index in [1.54, 1.807) is 6.07 Å². The molecule has 0 aliphatic heterocycles. The van der Waals surface area contributed by atoms with Crippen LogP contribution in [-0.4, -0.2) is 15.9 Å². The molecular weight excluding hydrogens is 254 g/mol. The van der Waals surface area contributed by atoms with Crippen molar-refractivity contribution in [2.45, 2.75) is 0 Å². The van der Waals surface area contributed by atoms with Gasteiger partial charge in [0.05, 0.1) is 11.5 Å². The first kappa shape index (κ1) is 12.1. The van der Waals surface area contributed by atoms with Crippen molar-refractivity contribution in [2.75, 3.05) is 5.32 Å². The molecular formula is C15H10N3O2-. The molecule has 0 radical (unpaired) electrons. The van der Waals surface area contributed by atoms with E-state index >= 15 is 0 Å². The Kier molecular flexibility index (Phi) is 3.01. The molecule has 0 atom stereocenters. The molecule has 0 aliphatic rings. The molecule has 5 nitrogen and oxygen atoms in total. The van der Waals surface area contributed by atoms with Crippen LogP contribution in [0.25, 0.3) is 10.9 Å². The second-order valence-corrected chi connectivity index (χ2v) is 4.23. The van der Waals surface area contributed by atoms with Crippen molar-refractivity contribution in [1.82, 2.24) is 9.97 Å².